The number of carbonyl (C=O) groups is 3. The van der Waals surface area contributed by atoms with Crippen LogP contribution in [0.25, 0.3) is 0 Å². The van der Waals surface area contributed by atoms with Gasteiger partial charge in [-0.1, -0.05) is 18.2 Å². The van der Waals surface area contributed by atoms with Gasteiger partial charge in [0, 0.05) is 5.56 Å². The Hall–Kier alpha value is -2.74. The minimum atomic E-state index is -0.637. The van der Waals surface area contributed by atoms with Gasteiger partial charge in [0.25, 0.3) is 11.8 Å². The fraction of sp³-hybridized carbons (Fsp3) is 0.200. The Morgan fingerprint density at radius 1 is 1.13 bits per heavy atom. The molecule has 2 aromatic rings. The van der Waals surface area contributed by atoms with Crippen LogP contribution in [0, 0.1) is 13.8 Å². The van der Waals surface area contributed by atoms with E-state index in [4.69, 9.17) is 4.74 Å². The number of esters is 1. The summed E-state index contributed by atoms with van der Waals surface area (Å²) in [5, 5.41) is 0.744. The van der Waals surface area contributed by atoms with E-state index < -0.39 is 24.4 Å². The third-order valence-electron chi connectivity index (χ3n) is 2.77. The van der Waals surface area contributed by atoms with Crippen LogP contribution in [0.1, 0.15) is 30.7 Å². The lowest BCUT2D eigenvalue weighted by molar-refractivity contribution is -0.125. The Balaban J connectivity index is 1.78. The van der Waals surface area contributed by atoms with Gasteiger partial charge in [0.05, 0.1) is 10.7 Å². The van der Waals surface area contributed by atoms with E-state index in [1.165, 1.54) is 11.3 Å². The molecule has 1 aromatic carbocycles. The molecule has 2 amide bonds. The molecule has 0 aliphatic carbocycles. The number of hydrazine groups is 1. The summed E-state index contributed by atoms with van der Waals surface area (Å²) in [7, 11) is 0. The first-order valence-corrected chi connectivity index (χ1v) is 7.54. The van der Waals surface area contributed by atoms with Gasteiger partial charge in [0.1, 0.15) is 4.88 Å². The lowest BCUT2D eigenvalue weighted by Crippen LogP contribution is -2.43. The zero-order valence-electron chi connectivity index (χ0n) is 12.6. The maximum Gasteiger partial charge on any atom is 0.350 e. The van der Waals surface area contributed by atoms with Gasteiger partial charge < -0.3 is 4.74 Å². The van der Waals surface area contributed by atoms with Crippen molar-refractivity contribution >= 4 is 29.1 Å². The molecule has 0 radical (unpaired) electrons. The van der Waals surface area contributed by atoms with Gasteiger partial charge >= 0.3 is 5.97 Å². The van der Waals surface area contributed by atoms with Crippen LogP contribution in [0.4, 0.5) is 0 Å². The smallest absolute Gasteiger partial charge is 0.350 e. The van der Waals surface area contributed by atoms with E-state index in [0.717, 1.165) is 5.01 Å². The molecule has 0 fully saturated rings. The minimum Gasteiger partial charge on any atom is -0.451 e. The average molecular weight is 333 g/mol. The van der Waals surface area contributed by atoms with Crippen LogP contribution >= 0.6 is 11.3 Å². The maximum atomic E-state index is 11.8. The molecule has 0 saturated carbocycles. The van der Waals surface area contributed by atoms with Gasteiger partial charge in [-0.05, 0) is 26.0 Å². The Morgan fingerprint density at radius 3 is 2.43 bits per heavy atom. The first-order valence-electron chi connectivity index (χ1n) is 6.72. The molecule has 2 N–H and O–H groups in total. The molecule has 0 unspecified atom stereocenters. The molecule has 0 bridgehead atoms. The lowest BCUT2D eigenvalue weighted by atomic mass is 10.2. The quantitative estimate of drug-likeness (QED) is 0.651. The van der Waals surface area contributed by atoms with Crippen LogP contribution in [0.5, 0.6) is 0 Å². The summed E-state index contributed by atoms with van der Waals surface area (Å²) in [5.41, 5.74) is 5.39. The summed E-state index contributed by atoms with van der Waals surface area (Å²) in [5.74, 6) is -1.71. The second-order valence-electron chi connectivity index (χ2n) is 4.59. The molecule has 1 aromatic heterocycles. The number of nitrogens with one attached hydrogen (secondary N) is 2. The summed E-state index contributed by atoms with van der Waals surface area (Å²) in [6, 6.07) is 8.40. The molecule has 23 heavy (non-hydrogen) atoms. The van der Waals surface area contributed by atoms with Crippen molar-refractivity contribution in [3.05, 3.63) is 51.5 Å². The van der Waals surface area contributed by atoms with Gasteiger partial charge in [0.15, 0.2) is 6.61 Å². The molecule has 0 saturated heterocycles. The number of amides is 2. The molecule has 120 valence electrons. The number of thiazole rings is 1. The van der Waals surface area contributed by atoms with Crippen molar-refractivity contribution in [3.63, 3.8) is 0 Å². The Bertz CT molecular complexity index is 728. The predicted molar refractivity (Wildman–Crippen MR) is 83.9 cm³/mol. The first kappa shape index (κ1) is 16.6. The average Bonchev–Trinajstić information content (AvgIpc) is 2.89. The van der Waals surface area contributed by atoms with E-state index in [1.54, 1.807) is 44.2 Å². The third kappa shape index (κ3) is 4.62. The molecule has 0 aliphatic heterocycles. The van der Waals surface area contributed by atoms with Gasteiger partial charge in [-0.25, -0.2) is 9.78 Å². The third-order valence-corrected chi connectivity index (χ3v) is 3.83. The number of hydrogen-bond donors (Lipinski definition) is 2. The van der Waals surface area contributed by atoms with Crippen LogP contribution in [-0.2, 0) is 9.53 Å². The van der Waals surface area contributed by atoms with Crippen LogP contribution in [-0.4, -0.2) is 29.4 Å². The van der Waals surface area contributed by atoms with Crippen LogP contribution in [0.15, 0.2) is 30.3 Å². The molecule has 0 spiro atoms. The number of aromatic nitrogens is 1. The van der Waals surface area contributed by atoms with Crippen molar-refractivity contribution in [2.75, 3.05) is 6.61 Å². The van der Waals surface area contributed by atoms with Crippen LogP contribution < -0.4 is 10.9 Å². The topological polar surface area (TPSA) is 97.4 Å². The van der Waals surface area contributed by atoms with E-state index in [2.05, 4.69) is 15.8 Å². The number of benzene rings is 1. The molecular formula is C15H15N3O4S. The highest BCUT2D eigenvalue weighted by Crippen LogP contribution is 2.17. The van der Waals surface area contributed by atoms with Gasteiger partial charge in [-0.15, -0.1) is 11.3 Å². The highest BCUT2D eigenvalue weighted by atomic mass is 32.1. The maximum absolute atomic E-state index is 11.8. The van der Waals surface area contributed by atoms with Crippen molar-refractivity contribution in [1.82, 2.24) is 15.8 Å². The minimum absolute atomic E-state index is 0.364. The highest BCUT2D eigenvalue weighted by Gasteiger charge is 2.16. The molecular weight excluding hydrogens is 318 g/mol. The molecule has 1 heterocycles. The van der Waals surface area contributed by atoms with E-state index in [-0.39, 0.29) is 0 Å². The number of ether oxygens (including phenoxy) is 1. The zero-order valence-corrected chi connectivity index (χ0v) is 13.4. The molecule has 2 rings (SSSR count). The van der Waals surface area contributed by atoms with Crippen LogP contribution in [0.3, 0.4) is 0 Å². The van der Waals surface area contributed by atoms with Gasteiger partial charge in [-0.3, -0.25) is 20.4 Å². The van der Waals surface area contributed by atoms with E-state index in [1.807, 2.05) is 0 Å². The van der Waals surface area contributed by atoms with E-state index in [9.17, 15) is 14.4 Å². The number of nitrogens with zero attached hydrogens (tertiary/aromatic N) is 1. The van der Waals surface area contributed by atoms with Gasteiger partial charge in [0.2, 0.25) is 0 Å². The van der Waals surface area contributed by atoms with E-state index >= 15 is 0 Å². The summed E-state index contributed by atoms with van der Waals surface area (Å²) in [6.45, 7) is 2.98. The predicted octanol–water partition coefficient (Wildman–Crippen LogP) is 1.38. The number of hydrogen-bond acceptors (Lipinski definition) is 6. The van der Waals surface area contributed by atoms with E-state index in [0.29, 0.717) is 16.1 Å². The monoisotopic (exact) mass is 333 g/mol. The molecule has 0 atom stereocenters. The van der Waals surface area contributed by atoms with Crippen molar-refractivity contribution < 1.29 is 19.1 Å². The molecule has 0 aliphatic rings. The fourth-order valence-corrected chi connectivity index (χ4v) is 2.56. The van der Waals surface area contributed by atoms with Crippen molar-refractivity contribution in [2.24, 2.45) is 0 Å². The van der Waals surface area contributed by atoms with Crippen molar-refractivity contribution in [1.29, 1.82) is 0 Å². The molecule has 8 heteroatoms. The summed E-state index contributed by atoms with van der Waals surface area (Å²) in [6.07, 6.45) is 0. The first-order chi connectivity index (χ1) is 11.0. The van der Waals surface area contributed by atoms with Crippen LogP contribution in [0.2, 0.25) is 0 Å². The van der Waals surface area contributed by atoms with Crippen molar-refractivity contribution in [3.8, 4) is 0 Å². The Kier molecular flexibility index (Phi) is 5.42. The number of aryl methyl sites for hydroxylation is 2. The van der Waals surface area contributed by atoms with Crippen molar-refractivity contribution in [2.45, 2.75) is 13.8 Å². The fourth-order valence-electron chi connectivity index (χ4n) is 1.74. The number of rotatable bonds is 4. The standard InChI is InChI=1S/C15H15N3O4S/c1-9-13(23-10(2)16-9)15(21)22-8-12(19)17-18-14(20)11-6-4-3-5-7-11/h3-7H,8H2,1-2H3,(H,17,19)(H,18,20). The second-order valence-corrected chi connectivity index (χ2v) is 5.80. The molecule has 7 nitrogen and oxygen atoms in total. The zero-order chi connectivity index (χ0) is 16.8. The second kappa shape index (κ2) is 7.50. The lowest BCUT2D eigenvalue weighted by Gasteiger charge is -2.07. The highest BCUT2D eigenvalue weighted by molar-refractivity contribution is 7.13. The summed E-state index contributed by atoms with van der Waals surface area (Å²) < 4.78 is 4.89. The van der Waals surface area contributed by atoms with Gasteiger partial charge in [-0.2, -0.15) is 0 Å². The Morgan fingerprint density at radius 2 is 1.83 bits per heavy atom. The largest absolute Gasteiger partial charge is 0.451 e. The normalized spacial score (nSPS) is 10.0. The SMILES string of the molecule is Cc1nc(C)c(C(=O)OCC(=O)NNC(=O)c2ccccc2)s1. The number of carbonyl (C=O) groups excluding carboxylic acids is 3. The summed E-state index contributed by atoms with van der Waals surface area (Å²) in [4.78, 5) is 39.6. The Labute approximate surface area is 136 Å². The summed E-state index contributed by atoms with van der Waals surface area (Å²) >= 11 is 1.20.